The molecular weight excluding hydrogens is 242 g/mol. The molecule has 0 radical (unpaired) electrons. The summed E-state index contributed by atoms with van der Waals surface area (Å²) >= 11 is 0. The molecule has 0 heterocycles. The van der Waals surface area contributed by atoms with Crippen LogP contribution in [0.3, 0.4) is 0 Å². The number of benzene rings is 1. The molecule has 0 unspecified atom stereocenters. The van der Waals surface area contributed by atoms with Gasteiger partial charge in [0.2, 0.25) is 0 Å². The van der Waals surface area contributed by atoms with Crippen LogP contribution in [-0.4, -0.2) is 0 Å². The van der Waals surface area contributed by atoms with Crippen LogP contribution in [0.5, 0.6) is 0 Å². The normalized spacial score (nSPS) is 22.4. The first-order chi connectivity index (χ1) is 9.69. The molecule has 0 amide bonds. The first kappa shape index (κ1) is 14.6. The second kappa shape index (κ2) is 7.10. The van der Waals surface area contributed by atoms with Crippen molar-refractivity contribution in [1.82, 2.24) is 0 Å². The molecule has 0 bridgehead atoms. The van der Waals surface area contributed by atoms with Gasteiger partial charge in [-0.1, -0.05) is 35.9 Å². The van der Waals surface area contributed by atoms with E-state index >= 15 is 0 Å². The lowest BCUT2D eigenvalue weighted by Gasteiger charge is -2.27. The Morgan fingerprint density at radius 2 is 1.75 bits per heavy atom. The summed E-state index contributed by atoms with van der Waals surface area (Å²) in [6, 6.07) is 10.3. The molecule has 20 heavy (non-hydrogen) atoms. The van der Waals surface area contributed by atoms with Crippen LogP contribution >= 0.6 is 0 Å². The molecule has 0 atom stereocenters. The third kappa shape index (κ3) is 4.10. The maximum Gasteiger partial charge on any atom is 0.0991 e. The Hall–Kier alpha value is -1.81. The van der Waals surface area contributed by atoms with Crippen molar-refractivity contribution < 1.29 is 0 Å². The Morgan fingerprint density at radius 1 is 1.10 bits per heavy atom. The molecule has 0 N–H and O–H groups in total. The van der Waals surface area contributed by atoms with E-state index in [0.29, 0.717) is 5.92 Å². The van der Waals surface area contributed by atoms with Gasteiger partial charge in [0, 0.05) is 0 Å². The molecule has 1 aromatic carbocycles. The van der Waals surface area contributed by atoms with Gasteiger partial charge in [0.05, 0.1) is 11.6 Å². The van der Waals surface area contributed by atoms with Gasteiger partial charge in [0.15, 0.2) is 0 Å². The molecular formula is C19H23N. The van der Waals surface area contributed by atoms with Gasteiger partial charge in [-0.3, -0.25) is 0 Å². The first-order valence-corrected chi connectivity index (χ1v) is 7.51. The van der Waals surface area contributed by atoms with Gasteiger partial charge in [0.1, 0.15) is 0 Å². The monoisotopic (exact) mass is 265 g/mol. The summed E-state index contributed by atoms with van der Waals surface area (Å²) in [5.74, 6) is 1.41. The molecule has 1 nitrogen and oxygen atoms in total. The molecule has 1 aliphatic rings. The molecule has 1 saturated carbocycles. The zero-order valence-electron chi connectivity index (χ0n) is 12.5. The number of nitriles is 1. The molecule has 1 heteroatoms. The average molecular weight is 265 g/mol. The lowest BCUT2D eigenvalue weighted by molar-refractivity contribution is 0.376. The van der Waals surface area contributed by atoms with Crippen LogP contribution in [0, 0.1) is 17.2 Å². The molecule has 0 saturated heterocycles. The summed E-state index contributed by atoms with van der Waals surface area (Å²) in [5, 5.41) is 8.83. The Balaban J connectivity index is 1.89. The van der Waals surface area contributed by atoms with Crippen LogP contribution in [-0.2, 0) is 0 Å². The van der Waals surface area contributed by atoms with E-state index in [1.54, 1.807) is 0 Å². The maximum atomic E-state index is 8.83. The van der Waals surface area contributed by atoms with Crippen molar-refractivity contribution in [3.63, 3.8) is 0 Å². The zero-order chi connectivity index (χ0) is 14.4. The quantitative estimate of drug-likeness (QED) is 0.675. The van der Waals surface area contributed by atoms with Crippen LogP contribution in [0.2, 0.25) is 0 Å². The molecule has 0 aliphatic heterocycles. The number of hydrogen-bond acceptors (Lipinski definition) is 1. The highest BCUT2D eigenvalue weighted by molar-refractivity contribution is 5.33. The Labute approximate surface area is 122 Å². The van der Waals surface area contributed by atoms with Gasteiger partial charge in [-0.2, -0.15) is 5.26 Å². The Kier molecular flexibility index (Phi) is 5.18. The number of rotatable bonds is 3. The van der Waals surface area contributed by atoms with Crippen molar-refractivity contribution in [2.45, 2.75) is 45.4 Å². The highest BCUT2D eigenvalue weighted by Gasteiger charge is 2.20. The van der Waals surface area contributed by atoms with E-state index in [0.717, 1.165) is 11.5 Å². The van der Waals surface area contributed by atoms with Crippen LogP contribution < -0.4 is 0 Å². The molecule has 2 rings (SSSR count). The summed E-state index contributed by atoms with van der Waals surface area (Å²) in [6.07, 6.45) is 11.8. The zero-order valence-corrected chi connectivity index (χ0v) is 12.5. The predicted octanol–water partition coefficient (Wildman–Crippen LogP) is 5.35. The number of hydrogen-bond donors (Lipinski definition) is 0. The minimum atomic E-state index is 0.677. The molecule has 1 fully saturated rings. The van der Waals surface area contributed by atoms with Gasteiger partial charge in [0.25, 0.3) is 0 Å². The topological polar surface area (TPSA) is 23.8 Å². The van der Waals surface area contributed by atoms with Gasteiger partial charge >= 0.3 is 0 Å². The second-order valence-electron chi connectivity index (χ2n) is 5.97. The van der Waals surface area contributed by atoms with Gasteiger partial charge in [-0.05, 0) is 69.1 Å². The summed E-state index contributed by atoms with van der Waals surface area (Å²) < 4.78 is 0. The van der Waals surface area contributed by atoms with Gasteiger partial charge in [-0.15, -0.1) is 0 Å². The van der Waals surface area contributed by atoms with Crippen molar-refractivity contribution in [1.29, 1.82) is 5.26 Å². The fourth-order valence-corrected chi connectivity index (χ4v) is 2.88. The minimum Gasteiger partial charge on any atom is -0.192 e. The maximum absolute atomic E-state index is 8.83. The largest absolute Gasteiger partial charge is 0.192 e. The van der Waals surface area contributed by atoms with Crippen LogP contribution in [0.25, 0.3) is 0 Å². The van der Waals surface area contributed by atoms with Crippen LogP contribution in [0.4, 0.5) is 0 Å². The van der Waals surface area contributed by atoms with Crippen molar-refractivity contribution in [3.05, 3.63) is 59.2 Å². The van der Waals surface area contributed by atoms with Crippen LogP contribution in [0.15, 0.2) is 48.1 Å². The van der Waals surface area contributed by atoms with E-state index in [9.17, 15) is 0 Å². The molecule has 1 aromatic rings. The van der Waals surface area contributed by atoms with Crippen LogP contribution in [0.1, 0.15) is 56.6 Å². The standard InChI is InChI=1S/C19H23N/c1-15(2)4-3-5-16-6-10-18(11-7-16)19-12-8-17(14-20)9-13-19/h3-5,8-9,12-13,16,18H,6-7,10-11H2,1-2H3. The second-order valence-corrected chi connectivity index (χ2v) is 5.97. The van der Waals surface area contributed by atoms with Crippen molar-refractivity contribution in [2.75, 3.05) is 0 Å². The average Bonchev–Trinajstić information content (AvgIpc) is 2.48. The third-order valence-corrected chi connectivity index (χ3v) is 4.10. The number of allylic oxidation sites excluding steroid dienone is 4. The fourth-order valence-electron chi connectivity index (χ4n) is 2.88. The van der Waals surface area contributed by atoms with Gasteiger partial charge in [-0.25, -0.2) is 0 Å². The Bertz CT molecular complexity index is 516. The molecule has 0 spiro atoms. The minimum absolute atomic E-state index is 0.677. The lowest BCUT2D eigenvalue weighted by Crippen LogP contribution is -2.11. The molecule has 1 aliphatic carbocycles. The third-order valence-electron chi connectivity index (χ3n) is 4.10. The summed E-state index contributed by atoms with van der Waals surface area (Å²) in [5.41, 5.74) is 3.51. The van der Waals surface area contributed by atoms with Crippen molar-refractivity contribution >= 4 is 0 Å². The highest BCUT2D eigenvalue weighted by Crippen LogP contribution is 2.36. The highest BCUT2D eigenvalue weighted by atomic mass is 14.3. The van der Waals surface area contributed by atoms with Crippen molar-refractivity contribution in [2.24, 2.45) is 5.92 Å². The summed E-state index contributed by atoms with van der Waals surface area (Å²) in [4.78, 5) is 0. The lowest BCUT2D eigenvalue weighted by atomic mass is 9.78. The predicted molar refractivity (Wildman–Crippen MR) is 84.4 cm³/mol. The summed E-state index contributed by atoms with van der Waals surface area (Å²) in [7, 11) is 0. The van der Waals surface area contributed by atoms with Crippen molar-refractivity contribution in [3.8, 4) is 6.07 Å². The van der Waals surface area contributed by atoms with Gasteiger partial charge < -0.3 is 0 Å². The smallest absolute Gasteiger partial charge is 0.0991 e. The molecule has 0 aromatic heterocycles. The van der Waals surface area contributed by atoms with E-state index in [4.69, 9.17) is 5.26 Å². The fraction of sp³-hybridized carbons (Fsp3) is 0.421. The van der Waals surface area contributed by atoms with E-state index in [-0.39, 0.29) is 0 Å². The molecule has 104 valence electrons. The first-order valence-electron chi connectivity index (χ1n) is 7.51. The van der Waals surface area contributed by atoms with E-state index < -0.39 is 0 Å². The summed E-state index contributed by atoms with van der Waals surface area (Å²) in [6.45, 7) is 4.26. The van der Waals surface area contributed by atoms with E-state index in [1.165, 1.54) is 36.8 Å². The number of nitrogens with zero attached hydrogens (tertiary/aromatic N) is 1. The van der Waals surface area contributed by atoms with E-state index in [1.807, 2.05) is 12.1 Å². The SMILES string of the molecule is CC(C)=CC=CC1CCC(c2ccc(C#N)cc2)CC1. The Morgan fingerprint density at radius 3 is 2.30 bits per heavy atom. The van der Waals surface area contributed by atoms with E-state index in [2.05, 4.69) is 50.3 Å².